The van der Waals surface area contributed by atoms with Gasteiger partial charge in [-0.3, -0.25) is 0 Å². The number of aromatic nitrogens is 4. The topological polar surface area (TPSA) is 58.9 Å². The Morgan fingerprint density at radius 1 is 1.38 bits per heavy atom. The molecule has 6 heteroatoms. The lowest BCUT2D eigenvalue weighted by Gasteiger charge is -2.25. The first-order valence-electron chi connectivity index (χ1n) is 5.60. The molecule has 0 saturated carbocycles. The normalized spacial score (nSPS) is 13.7. The molecule has 92 valence electrons. The van der Waals surface area contributed by atoms with Crippen molar-refractivity contribution in [3.05, 3.63) is 5.82 Å². The maximum atomic E-state index is 4.14. The maximum Gasteiger partial charge on any atom is 0.188 e. The second-order valence-electron chi connectivity index (χ2n) is 4.69. The largest absolute Gasteiger partial charge is 0.308 e. The Hall–Kier alpha value is -1.01. The van der Waals surface area contributed by atoms with Crippen molar-refractivity contribution in [3.8, 4) is 0 Å². The van der Waals surface area contributed by atoms with Gasteiger partial charge in [-0.05, 0) is 25.2 Å². The van der Waals surface area contributed by atoms with E-state index >= 15 is 0 Å². The molecular weight excluding hydrogens is 204 g/mol. The molecule has 0 radical (unpaired) electrons. The Bertz CT molecular complexity index is 306. The first-order valence-corrected chi connectivity index (χ1v) is 5.60. The van der Waals surface area contributed by atoms with Gasteiger partial charge in [-0.25, -0.2) is 0 Å². The summed E-state index contributed by atoms with van der Waals surface area (Å²) in [7, 11) is 5.94. The van der Waals surface area contributed by atoms with Gasteiger partial charge in [0.2, 0.25) is 0 Å². The molecule has 0 aliphatic carbocycles. The minimum atomic E-state index is 0.443. The molecule has 1 N–H and O–H groups in total. The van der Waals surface area contributed by atoms with E-state index in [9.17, 15) is 0 Å². The van der Waals surface area contributed by atoms with Gasteiger partial charge in [-0.2, -0.15) is 4.80 Å². The van der Waals surface area contributed by atoms with Crippen LogP contribution in [-0.2, 0) is 13.6 Å². The summed E-state index contributed by atoms with van der Waals surface area (Å²) in [6.07, 6.45) is 0. The Morgan fingerprint density at radius 3 is 2.50 bits per heavy atom. The van der Waals surface area contributed by atoms with E-state index in [2.05, 4.69) is 53.6 Å². The van der Waals surface area contributed by atoms with Crippen LogP contribution in [0, 0.1) is 5.92 Å². The van der Waals surface area contributed by atoms with Crippen LogP contribution in [0.25, 0.3) is 0 Å². The molecule has 1 atom stereocenters. The van der Waals surface area contributed by atoms with E-state index in [-0.39, 0.29) is 0 Å². The van der Waals surface area contributed by atoms with Crippen LogP contribution in [0.1, 0.15) is 19.7 Å². The number of hydrogen-bond donors (Lipinski definition) is 1. The standard InChI is InChI=1S/C10H22N6/c1-8(2)9(7-15(3)4)11-6-10-12-14-16(5)13-10/h8-9,11H,6-7H2,1-5H3. The molecule has 0 spiro atoms. The molecule has 0 amide bonds. The van der Waals surface area contributed by atoms with Crippen molar-refractivity contribution in [2.75, 3.05) is 20.6 Å². The summed E-state index contributed by atoms with van der Waals surface area (Å²) in [5.41, 5.74) is 0. The van der Waals surface area contributed by atoms with Gasteiger partial charge in [-0.15, -0.1) is 10.2 Å². The minimum absolute atomic E-state index is 0.443. The summed E-state index contributed by atoms with van der Waals surface area (Å²) in [5, 5.41) is 15.4. The average Bonchev–Trinajstić information content (AvgIpc) is 2.58. The highest BCUT2D eigenvalue weighted by atomic mass is 15.6. The van der Waals surface area contributed by atoms with Gasteiger partial charge in [0.05, 0.1) is 13.6 Å². The Labute approximate surface area is 97.0 Å². The van der Waals surface area contributed by atoms with E-state index in [0.717, 1.165) is 12.4 Å². The summed E-state index contributed by atoms with van der Waals surface area (Å²) in [6.45, 7) is 6.11. The van der Waals surface area contributed by atoms with E-state index in [1.54, 1.807) is 7.05 Å². The van der Waals surface area contributed by atoms with Crippen molar-refractivity contribution in [2.24, 2.45) is 13.0 Å². The van der Waals surface area contributed by atoms with Crippen molar-refractivity contribution in [1.29, 1.82) is 0 Å². The summed E-state index contributed by atoms with van der Waals surface area (Å²) in [6, 6.07) is 0.443. The smallest absolute Gasteiger partial charge is 0.188 e. The molecule has 0 bridgehead atoms. The van der Waals surface area contributed by atoms with Crippen LogP contribution in [0.4, 0.5) is 0 Å². The highest BCUT2D eigenvalue weighted by Gasteiger charge is 2.14. The predicted octanol–water partition coefficient (Wildman–Crippen LogP) is -0.114. The van der Waals surface area contributed by atoms with E-state index in [0.29, 0.717) is 18.5 Å². The number of tetrazole rings is 1. The fraction of sp³-hybridized carbons (Fsp3) is 0.900. The molecular formula is C10H22N6. The zero-order valence-corrected chi connectivity index (χ0v) is 10.8. The first-order chi connectivity index (χ1) is 7.49. The zero-order valence-electron chi connectivity index (χ0n) is 10.8. The Balaban J connectivity index is 2.43. The van der Waals surface area contributed by atoms with Crippen molar-refractivity contribution in [2.45, 2.75) is 26.4 Å². The van der Waals surface area contributed by atoms with Crippen LogP contribution < -0.4 is 5.32 Å². The summed E-state index contributed by atoms with van der Waals surface area (Å²) in [5.74, 6) is 1.32. The lowest BCUT2D eigenvalue weighted by Crippen LogP contribution is -2.41. The Kier molecular flexibility index (Phi) is 4.82. The molecule has 1 heterocycles. The number of hydrogen-bond acceptors (Lipinski definition) is 5. The molecule has 1 aromatic rings. The molecule has 16 heavy (non-hydrogen) atoms. The van der Waals surface area contributed by atoms with Gasteiger partial charge in [-0.1, -0.05) is 13.8 Å². The number of nitrogens with zero attached hydrogens (tertiary/aromatic N) is 5. The van der Waals surface area contributed by atoms with Gasteiger partial charge >= 0.3 is 0 Å². The lowest BCUT2D eigenvalue weighted by atomic mass is 10.0. The third-order valence-corrected chi connectivity index (χ3v) is 2.44. The third-order valence-electron chi connectivity index (χ3n) is 2.44. The molecule has 1 aromatic heterocycles. The van der Waals surface area contributed by atoms with Crippen LogP contribution in [0.15, 0.2) is 0 Å². The van der Waals surface area contributed by atoms with Crippen molar-refractivity contribution in [3.63, 3.8) is 0 Å². The predicted molar refractivity (Wildman–Crippen MR) is 62.8 cm³/mol. The SMILES string of the molecule is CC(C)C(CN(C)C)NCc1nnn(C)n1. The van der Waals surface area contributed by atoms with Crippen LogP contribution in [0.3, 0.4) is 0 Å². The van der Waals surface area contributed by atoms with E-state index in [1.165, 1.54) is 4.80 Å². The zero-order chi connectivity index (χ0) is 12.1. The molecule has 0 fully saturated rings. The molecule has 1 rings (SSSR count). The quantitative estimate of drug-likeness (QED) is 0.733. The Morgan fingerprint density at radius 2 is 2.06 bits per heavy atom. The highest BCUT2D eigenvalue weighted by molar-refractivity contribution is 4.80. The molecule has 1 unspecified atom stereocenters. The van der Waals surface area contributed by atoms with Gasteiger partial charge in [0.25, 0.3) is 0 Å². The monoisotopic (exact) mass is 226 g/mol. The van der Waals surface area contributed by atoms with Crippen molar-refractivity contribution >= 4 is 0 Å². The highest BCUT2D eigenvalue weighted by Crippen LogP contribution is 2.03. The summed E-state index contributed by atoms with van der Waals surface area (Å²) < 4.78 is 0. The van der Waals surface area contributed by atoms with Crippen LogP contribution in [0.2, 0.25) is 0 Å². The van der Waals surface area contributed by atoms with Gasteiger partial charge in [0.1, 0.15) is 0 Å². The molecule has 0 saturated heterocycles. The molecule has 0 aromatic carbocycles. The number of nitrogens with one attached hydrogen (secondary N) is 1. The van der Waals surface area contributed by atoms with Crippen LogP contribution in [-0.4, -0.2) is 51.8 Å². The van der Waals surface area contributed by atoms with Gasteiger partial charge in [0.15, 0.2) is 5.82 Å². The minimum Gasteiger partial charge on any atom is -0.308 e. The number of likely N-dealkylation sites (N-methyl/N-ethyl adjacent to an activating group) is 1. The molecule has 6 nitrogen and oxygen atoms in total. The number of aryl methyl sites for hydroxylation is 1. The van der Waals surface area contributed by atoms with E-state index < -0.39 is 0 Å². The lowest BCUT2D eigenvalue weighted by molar-refractivity contribution is 0.286. The average molecular weight is 226 g/mol. The number of rotatable bonds is 6. The summed E-state index contributed by atoms with van der Waals surface area (Å²) in [4.78, 5) is 3.66. The molecule has 0 aliphatic rings. The fourth-order valence-corrected chi connectivity index (χ4v) is 1.52. The van der Waals surface area contributed by atoms with Gasteiger partial charge in [0, 0.05) is 12.6 Å². The van der Waals surface area contributed by atoms with Crippen molar-refractivity contribution in [1.82, 2.24) is 30.4 Å². The third kappa shape index (κ3) is 4.24. The maximum absolute atomic E-state index is 4.14. The first kappa shape index (κ1) is 13.1. The fourth-order valence-electron chi connectivity index (χ4n) is 1.52. The van der Waals surface area contributed by atoms with E-state index in [1.807, 2.05) is 0 Å². The van der Waals surface area contributed by atoms with Crippen molar-refractivity contribution < 1.29 is 0 Å². The summed E-state index contributed by atoms with van der Waals surface area (Å²) >= 11 is 0. The van der Waals surface area contributed by atoms with Crippen LogP contribution >= 0.6 is 0 Å². The van der Waals surface area contributed by atoms with Gasteiger partial charge < -0.3 is 10.2 Å². The second-order valence-corrected chi connectivity index (χ2v) is 4.69. The van der Waals surface area contributed by atoms with Crippen LogP contribution in [0.5, 0.6) is 0 Å². The molecule has 0 aliphatic heterocycles. The van der Waals surface area contributed by atoms with E-state index in [4.69, 9.17) is 0 Å². The second kappa shape index (κ2) is 5.91.